The highest BCUT2D eigenvalue weighted by molar-refractivity contribution is 5.40. The molecule has 0 saturated carbocycles. The molecule has 0 bridgehead atoms. The molecular weight excluding hydrogens is 348 g/mol. The van der Waals surface area contributed by atoms with Gasteiger partial charge in [0.1, 0.15) is 18.0 Å². The number of hydrogen-bond donors (Lipinski definition) is 0. The maximum absolute atomic E-state index is 9.50. The summed E-state index contributed by atoms with van der Waals surface area (Å²) in [5.41, 5.74) is 0.284. The summed E-state index contributed by atoms with van der Waals surface area (Å²) in [5, 5.41) is 19.0. The number of rotatable bonds is 7. The van der Waals surface area contributed by atoms with Crippen LogP contribution in [-0.4, -0.2) is 85.0 Å². The van der Waals surface area contributed by atoms with Crippen molar-refractivity contribution in [2.24, 2.45) is 0 Å². The van der Waals surface area contributed by atoms with E-state index in [1.54, 1.807) is 0 Å². The lowest BCUT2D eigenvalue weighted by Crippen LogP contribution is -2.36. The van der Waals surface area contributed by atoms with Crippen molar-refractivity contribution < 1.29 is 0 Å². The molecule has 0 amide bonds. The van der Waals surface area contributed by atoms with Crippen molar-refractivity contribution in [3.8, 4) is 12.1 Å². The van der Waals surface area contributed by atoms with Crippen LogP contribution in [0.3, 0.4) is 0 Å². The Balaban J connectivity index is 1.54. The lowest BCUT2D eigenvalue weighted by molar-refractivity contribution is 0.212. The molecule has 0 aromatic rings. The molecule has 0 atom stereocenters. The molecule has 3 heterocycles. The first-order valence-electron chi connectivity index (χ1n) is 11.3. The second-order valence-electron chi connectivity index (χ2n) is 8.41. The van der Waals surface area contributed by atoms with E-state index in [1.165, 1.54) is 71.1 Å². The monoisotopic (exact) mass is 384 g/mol. The van der Waals surface area contributed by atoms with Crippen LogP contribution in [0.25, 0.3) is 0 Å². The van der Waals surface area contributed by atoms with E-state index in [9.17, 15) is 10.5 Å². The van der Waals surface area contributed by atoms with Crippen LogP contribution in [0.5, 0.6) is 0 Å². The van der Waals surface area contributed by atoms with Gasteiger partial charge in [-0.1, -0.05) is 19.3 Å². The minimum atomic E-state index is 0.284. The molecule has 3 saturated heterocycles. The SMILES string of the molecule is N#CC(C#N)=C1N(CCCN2CCCCC2)CCN1CCN1CCCCCC1. The van der Waals surface area contributed by atoms with Gasteiger partial charge in [-0.3, -0.25) is 0 Å². The predicted molar refractivity (Wildman–Crippen MR) is 111 cm³/mol. The summed E-state index contributed by atoms with van der Waals surface area (Å²) in [6.45, 7) is 10.7. The van der Waals surface area contributed by atoms with Gasteiger partial charge in [0, 0.05) is 32.7 Å². The van der Waals surface area contributed by atoms with E-state index >= 15 is 0 Å². The highest BCUT2D eigenvalue weighted by Gasteiger charge is 2.28. The van der Waals surface area contributed by atoms with Crippen molar-refractivity contribution >= 4 is 0 Å². The van der Waals surface area contributed by atoms with Crippen LogP contribution in [-0.2, 0) is 0 Å². The number of nitrogens with zero attached hydrogens (tertiary/aromatic N) is 6. The van der Waals surface area contributed by atoms with Crippen LogP contribution in [0.4, 0.5) is 0 Å². The van der Waals surface area contributed by atoms with E-state index < -0.39 is 0 Å². The van der Waals surface area contributed by atoms with Crippen molar-refractivity contribution in [2.75, 3.05) is 65.4 Å². The van der Waals surface area contributed by atoms with Crippen molar-refractivity contribution in [1.29, 1.82) is 10.5 Å². The zero-order chi connectivity index (χ0) is 19.6. The van der Waals surface area contributed by atoms with Gasteiger partial charge in [0.15, 0.2) is 5.57 Å². The Morgan fingerprint density at radius 2 is 1.11 bits per heavy atom. The quantitative estimate of drug-likeness (QED) is 0.629. The van der Waals surface area contributed by atoms with E-state index in [0.717, 1.165) is 51.5 Å². The van der Waals surface area contributed by atoms with Crippen molar-refractivity contribution in [1.82, 2.24) is 19.6 Å². The fourth-order valence-corrected chi connectivity index (χ4v) is 4.82. The van der Waals surface area contributed by atoms with E-state index in [2.05, 4.69) is 31.7 Å². The molecule has 0 aliphatic carbocycles. The molecule has 6 nitrogen and oxygen atoms in total. The molecule has 0 unspecified atom stereocenters. The molecular formula is C22H36N6. The molecule has 6 heteroatoms. The second-order valence-corrected chi connectivity index (χ2v) is 8.41. The maximum Gasteiger partial charge on any atom is 0.169 e. The van der Waals surface area contributed by atoms with Gasteiger partial charge in [0.25, 0.3) is 0 Å². The van der Waals surface area contributed by atoms with Crippen molar-refractivity contribution in [3.05, 3.63) is 11.4 Å². The summed E-state index contributed by atoms with van der Waals surface area (Å²) < 4.78 is 0. The number of likely N-dealkylation sites (tertiary alicyclic amines) is 2. The highest BCUT2D eigenvalue weighted by atomic mass is 15.4. The molecule has 3 fully saturated rings. The van der Waals surface area contributed by atoms with Crippen LogP contribution in [0.1, 0.15) is 51.4 Å². The summed E-state index contributed by atoms with van der Waals surface area (Å²) >= 11 is 0. The van der Waals surface area contributed by atoms with Gasteiger partial charge in [-0.15, -0.1) is 0 Å². The number of allylic oxidation sites excluding steroid dienone is 1. The first-order chi connectivity index (χ1) is 13.8. The van der Waals surface area contributed by atoms with Crippen LogP contribution < -0.4 is 0 Å². The first-order valence-corrected chi connectivity index (χ1v) is 11.3. The Kier molecular flexibility index (Phi) is 8.45. The molecule has 3 aliphatic rings. The molecule has 3 rings (SSSR count). The molecule has 28 heavy (non-hydrogen) atoms. The zero-order valence-electron chi connectivity index (χ0n) is 17.4. The Hall–Kier alpha value is -1.76. The average molecular weight is 385 g/mol. The Bertz CT molecular complexity index is 571. The second kappa shape index (κ2) is 11.3. The van der Waals surface area contributed by atoms with Gasteiger partial charge in [-0.05, 0) is 64.8 Å². The van der Waals surface area contributed by atoms with Crippen molar-refractivity contribution in [2.45, 2.75) is 51.4 Å². The summed E-state index contributed by atoms with van der Waals surface area (Å²) in [6, 6.07) is 4.31. The van der Waals surface area contributed by atoms with E-state index in [0.29, 0.717) is 0 Å². The molecule has 0 aromatic carbocycles. The van der Waals surface area contributed by atoms with Gasteiger partial charge in [0.05, 0.1) is 0 Å². The van der Waals surface area contributed by atoms with Crippen molar-refractivity contribution in [3.63, 3.8) is 0 Å². The Morgan fingerprint density at radius 1 is 0.607 bits per heavy atom. The van der Waals surface area contributed by atoms with Crippen LogP contribution >= 0.6 is 0 Å². The lowest BCUT2D eigenvalue weighted by atomic mass is 10.1. The smallest absolute Gasteiger partial charge is 0.169 e. The number of nitriles is 2. The highest BCUT2D eigenvalue weighted by Crippen LogP contribution is 2.23. The first kappa shape index (κ1) is 21.0. The maximum atomic E-state index is 9.50. The zero-order valence-corrected chi connectivity index (χ0v) is 17.4. The summed E-state index contributed by atoms with van der Waals surface area (Å²) in [5.74, 6) is 0.887. The Morgan fingerprint density at radius 3 is 1.68 bits per heavy atom. The van der Waals surface area contributed by atoms with E-state index in [4.69, 9.17) is 0 Å². The fourth-order valence-electron chi connectivity index (χ4n) is 4.82. The molecule has 0 aromatic heterocycles. The van der Waals surface area contributed by atoms with Gasteiger partial charge >= 0.3 is 0 Å². The summed E-state index contributed by atoms with van der Waals surface area (Å²) in [4.78, 5) is 9.69. The lowest BCUT2D eigenvalue weighted by Gasteiger charge is -2.29. The van der Waals surface area contributed by atoms with Crippen LogP contribution in [0, 0.1) is 22.7 Å². The molecule has 0 spiro atoms. The predicted octanol–water partition coefficient (Wildman–Crippen LogP) is 2.61. The summed E-state index contributed by atoms with van der Waals surface area (Å²) in [6.07, 6.45) is 10.4. The average Bonchev–Trinajstić information content (AvgIpc) is 2.94. The molecule has 0 N–H and O–H groups in total. The number of hydrogen-bond acceptors (Lipinski definition) is 6. The molecule has 154 valence electrons. The van der Waals surface area contributed by atoms with Gasteiger partial charge in [0.2, 0.25) is 0 Å². The van der Waals surface area contributed by atoms with E-state index in [1.807, 2.05) is 0 Å². The standard InChI is InChI=1S/C22H36N6/c23-19-21(20-24)22-27(14-8-13-25-9-6-3-7-10-25)17-18-28(22)16-15-26-11-4-1-2-5-12-26/h1-18H2. The molecule has 3 aliphatic heterocycles. The topological polar surface area (TPSA) is 60.5 Å². The van der Waals surface area contributed by atoms with Gasteiger partial charge in [-0.2, -0.15) is 10.5 Å². The minimum Gasteiger partial charge on any atom is -0.355 e. The third kappa shape index (κ3) is 5.87. The van der Waals surface area contributed by atoms with Crippen LogP contribution in [0.15, 0.2) is 11.4 Å². The normalized spacial score (nSPS) is 22.0. The molecule has 0 radical (unpaired) electrons. The third-order valence-corrected chi connectivity index (χ3v) is 6.42. The van der Waals surface area contributed by atoms with Gasteiger partial charge < -0.3 is 19.6 Å². The third-order valence-electron chi connectivity index (χ3n) is 6.42. The van der Waals surface area contributed by atoms with Gasteiger partial charge in [-0.25, -0.2) is 0 Å². The minimum absolute atomic E-state index is 0.284. The largest absolute Gasteiger partial charge is 0.355 e. The van der Waals surface area contributed by atoms with E-state index in [-0.39, 0.29) is 5.57 Å². The summed E-state index contributed by atoms with van der Waals surface area (Å²) in [7, 11) is 0. The van der Waals surface area contributed by atoms with Crippen LogP contribution in [0.2, 0.25) is 0 Å². The number of piperidine rings is 1. The Labute approximate surface area is 171 Å². The fraction of sp³-hybridized carbons (Fsp3) is 0.818.